The van der Waals surface area contributed by atoms with Crippen molar-refractivity contribution in [1.82, 2.24) is 4.90 Å². The third kappa shape index (κ3) is 4.09. The first-order valence-electron chi connectivity index (χ1n) is 9.03. The van der Waals surface area contributed by atoms with Crippen molar-refractivity contribution in [3.63, 3.8) is 0 Å². The van der Waals surface area contributed by atoms with Crippen LogP contribution in [0.25, 0.3) is 0 Å². The second-order valence-corrected chi connectivity index (χ2v) is 6.26. The quantitative estimate of drug-likeness (QED) is 0.589. The van der Waals surface area contributed by atoms with Crippen LogP contribution < -0.4 is 5.32 Å². The lowest BCUT2D eigenvalue weighted by Crippen LogP contribution is -2.31. The fourth-order valence-corrected chi connectivity index (χ4v) is 2.97. The number of hydrogen-bond donors (Lipinski definition) is 1. The highest BCUT2D eigenvalue weighted by Crippen LogP contribution is 2.22. The van der Waals surface area contributed by atoms with Crippen LogP contribution in [0, 0.1) is 0 Å². The lowest BCUT2D eigenvalue weighted by atomic mass is 10.1. The first kappa shape index (κ1) is 19.3. The molecule has 0 atom stereocenters. The summed E-state index contributed by atoms with van der Waals surface area (Å²) in [6.07, 6.45) is 0.519. The standard InChI is InChI=1S/C21H20N2O5/c1-2-28-21(27)14-9-11-15(12-10-14)22-18(24)8-5-13-23-19(25)16-6-3-4-7-17(16)20(23)26/h3-4,6-7,9-12H,2,5,8,13H2,1H3,(H,22,24). The van der Waals surface area contributed by atoms with E-state index in [4.69, 9.17) is 4.74 Å². The maximum absolute atomic E-state index is 12.3. The van der Waals surface area contributed by atoms with Crippen LogP contribution in [0.2, 0.25) is 0 Å². The number of carbonyl (C=O) groups is 4. The molecule has 0 saturated heterocycles. The molecule has 1 aliphatic rings. The van der Waals surface area contributed by atoms with Gasteiger partial charge in [-0.25, -0.2) is 4.79 Å². The van der Waals surface area contributed by atoms with Crippen LogP contribution >= 0.6 is 0 Å². The van der Waals surface area contributed by atoms with Crippen molar-refractivity contribution in [2.75, 3.05) is 18.5 Å². The molecule has 0 saturated carbocycles. The highest BCUT2D eigenvalue weighted by molar-refractivity contribution is 6.21. The van der Waals surface area contributed by atoms with E-state index in [2.05, 4.69) is 5.32 Å². The first-order valence-corrected chi connectivity index (χ1v) is 9.03. The van der Waals surface area contributed by atoms with Gasteiger partial charge in [-0.15, -0.1) is 0 Å². The minimum atomic E-state index is -0.415. The summed E-state index contributed by atoms with van der Waals surface area (Å²) in [6.45, 7) is 2.21. The van der Waals surface area contributed by atoms with E-state index in [0.29, 0.717) is 35.4 Å². The van der Waals surface area contributed by atoms with Crippen LogP contribution in [-0.2, 0) is 9.53 Å². The van der Waals surface area contributed by atoms with Crippen molar-refractivity contribution in [1.29, 1.82) is 0 Å². The Morgan fingerprint density at radius 3 is 2.14 bits per heavy atom. The summed E-state index contributed by atoms with van der Waals surface area (Å²) in [5.74, 6) is -1.30. The van der Waals surface area contributed by atoms with Crippen LogP contribution in [0.1, 0.15) is 50.8 Å². The number of esters is 1. The summed E-state index contributed by atoms with van der Waals surface area (Å²) in [7, 11) is 0. The zero-order chi connectivity index (χ0) is 20.1. The van der Waals surface area contributed by atoms with Crippen LogP contribution in [0.5, 0.6) is 0 Å². The number of fused-ring (bicyclic) bond motifs is 1. The summed E-state index contributed by atoms with van der Waals surface area (Å²) in [6, 6.07) is 13.1. The van der Waals surface area contributed by atoms with Crippen molar-refractivity contribution in [2.24, 2.45) is 0 Å². The van der Waals surface area contributed by atoms with E-state index in [1.54, 1.807) is 55.5 Å². The molecule has 2 aromatic rings. The number of benzene rings is 2. The third-order valence-electron chi connectivity index (χ3n) is 4.34. The topological polar surface area (TPSA) is 92.8 Å². The average Bonchev–Trinajstić information content (AvgIpc) is 2.94. The largest absolute Gasteiger partial charge is 0.462 e. The number of hydrogen-bond acceptors (Lipinski definition) is 5. The van der Waals surface area contributed by atoms with Gasteiger partial charge in [0.05, 0.1) is 23.3 Å². The maximum atomic E-state index is 12.3. The summed E-state index contributed by atoms with van der Waals surface area (Å²) < 4.78 is 4.91. The normalized spacial score (nSPS) is 12.7. The Morgan fingerprint density at radius 2 is 1.57 bits per heavy atom. The molecule has 1 heterocycles. The molecule has 0 aliphatic carbocycles. The molecule has 3 rings (SSSR count). The fraction of sp³-hybridized carbons (Fsp3) is 0.238. The average molecular weight is 380 g/mol. The smallest absolute Gasteiger partial charge is 0.338 e. The molecule has 1 N–H and O–H groups in total. The molecule has 7 heteroatoms. The van der Waals surface area contributed by atoms with Gasteiger partial charge in [0.25, 0.3) is 11.8 Å². The molecular weight excluding hydrogens is 360 g/mol. The fourth-order valence-electron chi connectivity index (χ4n) is 2.97. The van der Waals surface area contributed by atoms with Crippen LogP contribution in [0.4, 0.5) is 5.69 Å². The third-order valence-corrected chi connectivity index (χ3v) is 4.34. The minimum absolute atomic E-state index is 0.160. The first-order chi connectivity index (χ1) is 13.5. The van der Waals surface area contributed by atoms with Crippen molar-refractivity contribution in [3.8, 4) is 0 Å². The Hall–Kier alpha value is -3.48. The van der Waals surface area contributed by atoms with Gasteiger partial charge in [-0.3, -0.25) is 19.3 Å². The van der Waals surface area contributed by atoms with E-state index in [9.17, 15) is 19.2 Å². The number of carbonyl (C=O) groups excluding carboxylic acids is 4. The van der Waals surface area contributed by atoms with Gasteiger partial charge in [-0.05, 0) is 49.7 Å². The predicted octanol–water partition coefficient (Wildman–Crippen LogP) is 2.88. The zero-order valence-corrected chi connectivity index (χ0v) is 15.4. The number of rotatable bonds is 7. The van der Waals surface area contributed by atoms with Gasteiger partial charge in [0.15, 0.2) is 0 Å². The summed E-state index contributed by atoms with van der Waals surface area (Å²) in [4.78, 5) is 49.4. The molecule has 144 valence electrons. The van der Waals surface area contributed by atoms with Crippen LogP contribution in [0.15, 0.2) is 48.5 Å². The second-order valence-electron chi connectivity index (χ2n) is 6.26. The lowest BCUT2D eigenvalue weighted by Gasteiger charge is -2.13. The van der Waals surface area contributed by atoms with Gasteiger partial charge >= 0.3 is 5.97 Å². The Bertz CT molecular complexity index is 886. The van der Waals surface area contributed by atoms with E-state index in [1.807, 2.05) is 0 Å². The lowest BCUT2D eigenvalue weighted by molar-refractivity contribution is -0.116. The van der Waals surface area contributed by atoms with Gasteiger partial charge in [-0.1, -0.05) is 12.1 Å². The maximum Gasteiger partial charge on any atom is 0.338 e. The summed E-state index contributed by atoms with van der Waals surface area (Å²) in [5, 5.41) is 2.73. The predicted molar refractivity (Wildman–Crippen MR) is 102 cm³/mol. The molecule has 0 bridgehead atoms. The van der Waals surface area contributed by atoms with E-state index in [-0.39, 0.29) is 30.7 Å². The molecule has 0 spiro atoms. The van der Waals surface area contributed by atoms with Crippen LogP contribution in [0.3, 0.4) is 0 Å². The molecule has 0 unspecified atom stereocenters. The molecule has 1 aliphatic heterocycles. The monoisotopic (exact) mass is 380 g/mol. The van der Waals surface area contributed by atoms with E-state index >= 15 is 0 Å². The van der Waals surface area contributed by atoms with Crippen molar-refractivity contribution >= 4 is 29.4 Å². The van der Waals surface area contributed by atoms with Gasteiger partial charge in [0.2, 0.25) is 5.91 Å². The molecule has 7 nitrogen and oxygen atoms in total. The van der Waals surface area contributed by atoms with Gasteiger partial charge in [-0.2, -0.15) is 0 Å². The van der Waals surface area contributed by atoms with Gasteiger partial charge in [0.1, 0.15) is 0 Å². The molecule has 3 amide bonds. The SMILES string of the molecule is CCOC(=O)c1ccc(NC(=O)CCCN2C(=O)c3ccccc3C2=O)cc1. The minimum Gasteiger partial charge on any atom is -0.462 e. The number of nitrogens with zero attached hydrogens (tertiary/aromatic N) is 1. The Kier molecular flexibility index (Phi) is 5.84. The number of amides is 3. The number of imide groups is 1. The Morgan fingerprint density at radius 1 is 0.964 bits per heavy atom. The Labute approximate surface area is 162 Å². The van der Waals surface area contributed by atoms with Crippen molar-refractivity contribution < 1.29 is 23.9 Å². The number of anilines is 1. The molecule has 0 aromatic heterocycles. The molecule has 28 heavy (non-hydrogen) atoms. The Balaban J connectivity index is 1.48. The van der Waals surface area contributed by atoms with Crippen molar-refractivity contribution in [3.05, 3.63) is 65.2 Å². The molecule has 0 fully saturated rings. The van der Waals surface area contributed by atoms with E-state index < -0.39 is 5.97 Å². The zero-order valence-electron chi connectivity index (χ0n) is 15.4. The molecular formula is C21H20N2O5. The summed E-state index contributed by atoms with van der Waals surface area (Å²) in [5.41, 5.74) is 1.77. The molecule has 0 radical (unpaired) electrons. The highest BCUT2D eigenvalue weighted by atomic mass is 16.5. The number of ether oxygens (including phenoxy) is 1. The van der Waals surface area contributed by atoms with Crippen LogP contribution in [-0.4, -0.2) is 41.7 Å². The molecule has 2 aromatic carbocycles. The van der Waals surface area contributed by atoms with E-state index in [0.717, 1.165) is 0 Å². The van der Waals surface area contributed by atoms with Crippen molar-refractivity contribution in [2.45, 2.75) is 19.8 Å². The van der Waals surface area contributed by atoms with E-state index in [1.165, 1.54) is 4.90 Å². The second kappa shape index (κ2) is 8.47. The number of nitrogens with one attached hydrogen (secondary N) is 1. The van der Waals surface area contributed by atoms with Gasteiger partial charge in [0, 0.05) is 18.7 Å². The highest BCUT2D eigenvalue weighted by Gasteiger charge is 2.34. The van der Waals surface area contributed by atoms with Gasteiger partial charge < -0.3 is 10.1 Å². The summed E-state index contributed by atoms with van der Waals surface area (Å²) >= 11 is 0.